The molecule has 0 spiro atoms. The van der Waals surface area contributed by atoms with Gasteiger partial charge in [-0.15, -0.1) is 0 Å². The zero-order valence-electron chi connectivity index (χ0n) is 13.8. The molecular weight excluding hydrogens is 246 g/mol. The number of hydrogen-bond acceptors (Lipinski definition) is 2. The van der Waals surface area contributed by atoms with Crippen molar-refractivity contribution in [3.05, 3.63) is 11.6 Å². The highest BCUT2D eigenvalue weighted by molar-refractivity contribution is 5.99. The van der Waals surface area contributed by atoms with Gasteiger partial charge in [0.25, 0.3) is 0 Å². The number of rotatable bonds is 10. The van der Waals surface area contributed by atoms with Gasteiger partial charge in [-0.25, -0.2) is 0 Å². The minimum absolute atomic E-state index is 0.255. The van der Waals surface area contributed by atoms with E-state index in [2.05, 4.69) is 17.9 Å². The summed E-state index contributed by atoms with van der Waals surface area (Å²) in [5.41, 5.74) is 1.11. The third-order valence-corrected chi connectivity index (χ3v) is 4.23. The summed E-state index contributed by atoms with van der Waals surface area (Å²) in [7, 11) is 4.10. The van der Waals surface area contributed by atoms with Gasteiger partial charge in [-0.3, -0.25) is 4.79 Å². The fraction of sp³-hybridized carbons (Fsp3) is 0.833. The Morgan fingerprint density at radius 1 is 1.10 bits per heavy atom. The molecule has 0 amide bonds. The zero-order chi connectivity index (χ0) is 14.8. The van der Waals surface area contributed by atoms with E-state index >= 15 is 0 Å². The van der Waals surface area contributed by atoms with Crippen LogP contribution in [0.15, 0.2) is 11.6 Å². The highest BCUT2D eigenvalue weighted by atomic mass is 16.1. The van der Waals surface area contributed by atoms with E-state index in [1.165, 1.54) is 44.9 Å². The van der Waals surface area contributed by atoms with Gasteiger partial charge in [0.1, 0.15) is 0 Å². The van der Waals surface area contributed by atoms with Gasteiger partial charge in [0, 0.05) is 12.5 Å². The normalized spacial score (nSPS) is 21.3. The third kappa shape index (κ3) is 6.69. The quantitative estimate of drug-likeness (QED) is 0.430. The van der Waals surface area contributed by atoms with E-state index in [4.69, 9.17) is 0 Å². The number of carbonyl (C=O) groups excluding carboxylic acids is 1. The molecule has 0 aromatic heterocycles. The van der Waals surface area contributed by atoms with Crippen molar-refractivity contribution in [1.29, 1.82) is 0 Å². The molecule has 0 bridgehead atoms. The molecule has 1 saturated carbocycles. The smallest absolute Gasteiger partial charge is 0.162 e. The average Bonchev–Trinajstić information content (AvgIpc) is 2.74. The molecule has 0 unspecified atom stereocenters. The van der Waals surface area contributed by atoms with Crippen LogP contribution in [0.4, 0.5) is 0 Å². The van der Waals surface area contributed by atoms with Crippen LogP contribution in [0.25, 0.3) is 0 Å². The van der Waals surface area contributed by atoms with Crippen molar-refractivity contribution >= 4 is 5.78 Å². The van der Waals surface area contributed by atoms with Gasteiger partial charge in [0.15, 0.2) is 5.78 Å². The van der Waals surface area contributed by atoms with Crippen LogP contribution in [0.1, 0.15) is 71.1 Å². The lowest BCUT2D eigenvalue weighted by Crippen LogP contribution is -2.24. The van der Waals surface area contributed by atoms with Crippen LogP contribution in [0.5, 0.6) is 0 Å². The maximum atomic E-state index is 12.2. The molecule has 0 aromatic rings. The number of ketones is 1. The van der Waals surface area contributed by atoms with Crippen molar-refractivity contribution < 1.29 is 4.79 Å². The van der Waals surface area contributed by atoms with Crippen LogP contribution in [-0.2, 0) is 4.79 Å². The number of Topliss-reactive ketones (excluding diaryl/α,β-unsaturated/α-hetero) is 1. The molecule has 0 aliphatic heterocycles. The summed E-state index contributed by atoms with van der Waals surface area (Å²) in [6.07, 6.45) is 14.8. The molecule has 0 saturated heterocycles. The molecule has 1 fully saturated rings. The standard InChI is InChI=1S/C18H33NO/c1-4-5-6-7-8-9-10-11-12-16-13-14-17(18(16)20)15-19(2)3/h12,17H,4-11,13-15H2,1-3H3/b16-12+/t17-/m1/s1. The molecule has 2 nitrogen and oxygen atoms in total. The summed E-state index contributed by atoms with van der Waals surface area (Å²) in [4.78, 5) is 14.3. The number of nitrogens with zero attached hydrogens (tertiary/aromatic N) is 1. The first-order chi connectivity index (χ1) is 9.65. The number of allylic oxidation sites excluding steroid dienone is 2. The summed E-state index contributed by atoms with van der Waals surface area (Å²) in [6, 6.07) is 0. The van der Waals surface area contributed by atoms with Crippen LogP contribution in [0, 0.1) is 5.92 Å². The van der Waals surface area contributed by atoms with Gasteiger partial charge < -0.3 is 4.90 Å². The first-order valence-corrected chi connectivity index (χ1v) is 8.53. The second-order valence-electron chi connectivity index (χ2n) is 6.50. The van der Waals surface area contributed by atoms with Crippen molar-refractivity contribution in [2.75, 3.05) is 20.6 Å². The Morgan fingerprint density at radius 3 is 2.40 bits per heavy atom. The maximum absolute atomic E-state index is 12.2. The van der Waals surface area contributed by atoms with Gasteiger partial charge in [-0.05, 0) is 45.4 Å². The Hall–Kier alpha value is -0.630. The van der Waals surface area contributed by atoms with Gasteiger partial charge in [0.05, 0.1) is 0 Å². The summed E-state index contributed by atoms with van der Waals surface area (Å²) < 4.78 is 0. The molecule has 2 heteroatoms. The summed E-state index contributed by atoms with van der Waals surface area (Å²) in [5, 5.41) is 0. The first kappa shape index (κ1) is 17.4. The maximum Gasteiger partial charge on any atom is 0.162 e. The zero-order valence-corrected chi connectivity index (χ0v) is 13.8. The third-order valence-electron chi connectivity index (χ3n) is 4.23. The van der Waals surface area contributed by atoms with Gasteiger partial charge in [-0.1, -0.05) is 51.5 Å². The minimum Gasteiger partial charge on any atom is -0.309 e. The van der Waals surface area contributed by atoms with Gasteiger partial charge in [-0.2, -0.15) is 0 Å². The monoisotopic (exact) mass is 279 g/mol. The van der Waals surface area contributed by atoms with E-state index < -0.39 is 0 Å². The second-order valence-corrected chi connectivity index (χ2v) is 6.50. The lowest BCUT2D eigenvalue weighted by molar-refractivity contribution is -0.118. The largest absolute Gasteiger partial charge is 0.309 e. The van der Waals surface area contributed by atoms with Gasteiger partial charge in [0.2, 0.25) is 0 Å². The molecule has 0 aromatic carbocycles. The summed E-state index contributed by atoms with van der Waals surface area (Å²) >= 11 is 0. The van der Waals surface area contributed by atoms with Crippen LogP contribution < -0.4 is 0 Å². The molecule has 1 rings (SSSR count). The van der Waals surface area contributed by atoms with E-state index in [0.717, 1.165) is 31.4 Å². The number of carbonyl (C=O) groups is 1. The van der Waals surface area contributed by atoms with Crippen molar-refractivity contribution in [3.8, 4) is 0 Å². The average molecular weight is 279 g/mol. The molecule has 116 valence electrons. The topological polar surface area (TPSA) is 20.3 Å². The number of hydrogen-bond donors (Lipinski definition) is 0. The highest BCUT2D eigenvalue weighted by Gasteiger charge is 2.28. The lowest BCUT2D eigenvalue weighted by atomic mass is 10.0. The second kappa shape index (κ2) is 10.1. The van der Waals surface area contributed by atoms with E-state index in [0.29, 0.717) is 5.78 Å². The fourth-order valence-electron chi connectivity index (χ4n) is 3.04. The van der Waals surface area contributed by atoms with E-state index in [-0.39, 0.29) is 5.92 Å². The molecule has 1 aliphatic rings. The molecular formula is C18H33NO. The Balaban J connectivity index is 2.12. The van der Waals surface area contributed by atoms with Crippen LogP contribution >= 0.6 is 0 Å². The summed E-state index contributed by atoms with van der Waals surface area (Å²) in [5.74, 6) is 0.673. The predicted octanol–water partition coefficient (Wildman–Crippen LogP) is 4.59. The SMILES string of the molecule is CCCCCCCCC/C=C1\CC[C@H](CN(C)C)C1=O. The Bertz CT molecular complexity index is 307. The van der Waals surface area contributed by atoms with Crippen LogP contribution in [0.3, 0.4) is 0 Å². The van der Waals surface area contributed by atoms with Crippen molar-refractivity contribution in [3.63, 3.8) is 0 Å². The van der Waals surface area contributed by atoms with Crippen molar-refractivity contribution in [1.82, 2.24) is 4.90 Å². The molecule has 1 atom stereocenters. The Kier molecular flexibility index (Phi) is 8.84. The highest BCUT2D eigenvalue weighted by Crippen LogP contribution is 2.27. The molecule has 1 aliphatic carbocycles. The number of unbranched alkanes of at least 4 members (excludes halogenated alkanes) is 7. The Labute approximate surface area is 125 Å². The van der Waals surface area contributed by atoms with E-state index in [1.807, 2.05) is 14.1 Å². The van der Waals surface area contributed by atoms with Crippen LogP contribution in [0.2, 0.25) is 0 Å². The van der Waals surface area contributed by atoms with Gasteiger partial charge >= 0.3 is 0 Å². The molecule has 0 radical (unpaired) electrons. The van der Waals surface area contributed by atoms with Crippen molar-refractivity contribution in [2.24, 2.45) is 5.92 Å². The molecule has 20 heavy (non-hydrogen) atoms. The van der Waals surface area contributed by atoms with E-state index in [9.17, 15) is 4.79 Å². The fourth-order valence-corrected chi connectivity index (χ4v) is 3.04. The van der Waals surface area contributed by atoms with E-state index in [1.54, 1.807) is 0 Å². The van der Waals surface area contributed by atoms with Crippen molar-refractivity contribution in [2.45, 2.75) is 71.1 Å². The Morgan fingerprint density at radius 2 is 1.75 bits per heavy atom. The predicted molar refractivity (Wildman–Crippen MR) is 87.0 cm³/mol. The van der Waals surface area contributed by atoms with Crippen LogP contribution in [-0.4, -0.2) is 31.3 Å². The molecule has 0 heterocycles. The lowest BCUT2D eigenvalue weighted by Gasteiger charge is -2.13. The minimum atomic E-state index is 0.255. The first-order valence-electron chi connectivity index (χ1n) is 8.53. The molecule has 0 N–H and O–H groups in total. The summed E-state index contributed by atoms with van der Waals surface area (Å²) in [6.45, 7) is 3.17.